The molecule has 4 saturated carbocycles. The first-order chi connectivity index (χ1) is 9.13. The largest absolute Gasteiger partial charge is 0.383 e. The van der Waals surface area contributed by atoms with Gasteiger partial charge in [0.2, 0.25) is 0 Å². The molecule has 5 nitrogen and oxygen atoms in total. The molecule has 1 heterocycles. The summed E-state index contributed by atoms with van der Waals surface area (Å²) in [6.45, 7) is 0. The number of Topliss-reactive ketones (excluding diaryl/α,β-unsaturated/α-hetero) is 1. The van der Waals surface area contributed by atoms with Gasteiger partial charge in [0.1, 0.15) is 11.4 Å². The maximum atomic E-state index is 12.8. The molecule has 0 spiro atoms. The minimum atomic E-state index is 0.134. The zero-order chi connectivity index (χ0) is 13.1. The van der Waals surface area contributed by atoms with Crippen molar-refractivity contribution in [1.82, 2.24) is 10.2 Å². The number of ketones is 1. The van der Waals surface area contributed by atoms with Crippen LogP contribution in [0.4, 0.5) is 11.6 Å². The highest BCUT2D eigenvalue weighted by atomic mass is 16.1. The second-order valence-electron chi connectivity index (χ2n) is 6.72. The van der Waals surface area contributed by atoms with Gasteiger partial charge in [0.15, 0.2) is 11.6 Å². The summed E-state index contributed by atoms with van der Waals surface area (Å²) in [6, 6.07) is 0. The highest BCUT2D eigenvalue weighted by molar-refractivity contribution is 6.05. The smallest absolute Gasteiger partial charge is 0.173 e. The molecule has 5 rings (SSSR count). The van der Waals surface area contributed by atoms with Crippen molar-refractivity contribution in [3.05, 3.63) is 5.56 Å². The van der Waals surface area contributed by atoms with Gasteiger partial charge in [0.25, 0.3) is 0 Å². The molecule has 0 saturated heterocycles. The third-order valence-corrected chi connectivity index (χ3v) is 5.60. The minimum Gasteiger partial charge on any atom is -0.383 e. The van der Waals surface area contributed by atoms with Crippen LogP contribution in [0.25, 0.3) is 0 Å². The van der Waals surface area contributed by atoms with E-state index in [4.69, 9.17) is 11.5 Å². The Morgan fingerprint density at radius 2 is 1.63 bits per heavy atom. The Morgan fingerprint density at radius 3 is 2.11 bits per heavy atom. The topological polar surface area (TPSA) is 97.8 Å². The maximum Gasteiger partial charge on any atom is 0.173 e. The number of nitrogens with two attached hydrogens (primary N) is 2. The monoisotopic (exact) mass is 260 g/mol. The third-order valence-electron chi connectivity index (χ3n) is 5.60. The molecular weight excluding hydrogens is 240 g/mol. The maximum absolute atomic E-state index is 12.8. The van der Waals surface area contributed by atoms with Gasteiger partial charge in [-0.2, -0.15) is 5.10 Å². The molecule has 0 atom stereocenters. The lowest BCUT2D eigenvalue weighted by Crippen LogP contribution is -2.48. The molecule has 5 heteroatoms. The molecule has 102 valence electrons. The minimum absolute atomic E-state index is 0.134. The van der Waals surface area contributed by atoms with Gasteiger partial charge in [0.05, 0.1) is 0 Å². The van der Waals surface area contributed by atoms with Crippen LogP contribution in [-0.2, 0) is 0 Å². The zero-order valence-electron chi connectivity index (χ0n) is 10.9. The highest BCUT2D eigenvalue weighted by Crippen LogP contribution is 2.57. The first-order valence-electron chi connectivity index (χ1n) is 7.27. The van der Waals surface area contributed by atoms with Crippen molar-refractivity contribution in [3.8, 4) is 0 Å². The second kappa shape index (κ2) is 3.74. The van der Waals surface area contributed by atoms with Crippen molar-refractivity contribution in [3.63, 3.8) is 0 Å². The Balaban J connectivity index is 1.68. The number of carbonyl (C=O) groups is 1. The average molecular weight is 260 g/mol. The summed E-state index contributed by atoms with van der Waals surface area (Å²) in [5.41, 5.74) is 12.1. The van der Waals surface area contributed by atoms with Crippen LogP contribution in [-0.4, -0.2) is 16.0 Å². The van der Waals surface area contributed by atoms with Gasteiger partial charge < -0.3 is 11.5 Å². The summed E-state index contributed by atoms with van der Waals surface area (Å²) in [5.74, 6) is 3.70. The van der Waals surface area contributed by atoms with Crippen LogP contribution in [0.2, 0.25) is 0 Å². The number of nitrogens with one attached hydrogen (secondary N) is 1. The number of nitrogen functional groups attached to an aromatic ring is 2. The van der Waals surface area contributed by atoms with E-state index < -0.39 is 0 Å². The molecule has 19 heavy (non-hydrogen) atoms. The van der Waals surface area contributed by atoms with Gasteiger partial charge in [-0.1, -0.05) is 0 Å². The van der Waals surface area contributed by atoms with Crippen LogP contribution in [0.1, 0.15) is 42.5 Å². The number of anilines is 2. The van der Waals surface area contributed by atoms with Crippen molar-refractivity contribution in [1.29, 1.82) is 0 Å². The van der Waals surface area contributed by atoms with Crippen molar-refractivity contribution in [2.75, 3.05) is 11.5 Å². The molecule has 5 N–H and O–H groups in total. The number of rotatable bonds is 2. The summed E-state index contributed by atoms with van der Waals surface area (Å²) in [5, 5.41) is 6.48. The molecule has 0 aliphatic heterocycles. The first-order valence-corrected chi connectivity index (χ1v) is 7.27. The van der Waals surface area contributed by atoms with Crippen molar-refractivity contribution in [2.45, 2.75) is 32.1 Å². The molecule has 0 radical (unpaired) electrons. The van der Waals surface area contributed by atoms with Gasteiger partial charge in [-0.05, 0) is 55.8 Å². The Bertz CT molecular complexity index is 488. The van der Waals surface area contributed by atoms with Crippen LogP contribution in [0.3, 0.4) is 0 Å². The lowest BCUT2D eigenvalue weighted by atomic mass is 9.51. The fraction of sp³-hybridized carbons (Fsp3) is 0.714. The van der Waals surface area contributed by atoms with Gasteiger partial charge in [-0.25, -0.2) is 0 Å². The highest BCUT2D eigenvalue weighted by Gasteiger charge is 2.51. The molecule has 4 bridgehead atoms. The van der Waals surface area contributed by atoms with Crippen molar-refractivity contribution in [2.24, 2.45) is 29.6 Å². The summed E-state index contributed by atoms with van der Waals surface area (Å²) < 4.78 is 0. The zero-order valence-corrected chi connectivity index (χ0v) is 10.9. The van der Waals surface area contributed by atoms with Crippen molar-refractivity contribution < 1.29 is 4.79 Å². The number of hydrogen-bond acceptors (Lipinski definition) is 4. The van der Waals surface area contributed by atoms with E-state index in [2.05, 4.69) is 10.2 Å². The van der Waals surface area contributed by atoms with Gasteiger partial charge >= 0.3 is 0 Å². The molecule has 4 fully saturated rings. The number of aromatic amines is 1. The number of carbonyl (C=O) groups excluding carboxylic acids is 1. The van der Waals surface area contributed by atoms with E-state index in [0.29, 0.717) is 23.2 Å². The lowest BCUT2D eigenvalue weighted by Gasteiger charge is -2.53. The van der Waals surface area contributed by atoms with E-state index in [1.165, 1.54) is 32.1 Å². The Labute approximate surface area is 112 Å². The summed E-state index contributed by atoms with van der Waals surface area (Å²) in [4.78, 5) is 12.8. The number of aromatic nitrogens is 2. The molecule has 1 aromatic heterocycles. The van der Waals surface area contributed by atoms with E-state index in [0.717, 1.165) is 11.8 Å². The Morgan fingerprint density at radius 1 is 1.05 bits per heavy atom. The molecule has 0 amide bonds. The normalized spacial score (nSPS) is 39.7. The molecule has 4 aliphatic rings. The predicted octanol–water partition coefficient (Wildman–Crippen LogP) is 1.83. The summed E-state index contributed by atoms with van der Waals surface area (Å²) in [7, 11) is 0. The number of nitrogens with zero attached hydrogens (tertiary/aromatic N) is 1. The molecule has 1 aromatic rings. The summed E-state index contributed by atoms with van der Waals surface area (Å²) in [6.07, 6.45) is 6.29. The number of H-pyrrole nitrogens is 1. The predicted molar refractivity (Wildman–Crippen MR) is 72.3 cm³/mol. The summed E-state index contributed by atoms with van der Waals surface area (Å²) >= 11 is 0. The molecule has 4 aliphatic carbocycles. The quantitative estimate of drug-likeness (QED) is 0.706. The lowest BCUT2D eigenvalue weighted by molar-refractivity contribution is -0.0250. The van der Waals surface area contributed by atoms with E-state index >= 15 is 0 Å². The van der Waals surface area contributed by atoms with Crippen LogP contribution >= 0.6 is 0 Å². The van der Waals surface area contributed by atoms with E-state index in [9.17, 15) is 4.79 Å². The number of hydrogen-bond donors (Lipinski definition) is 3. The van der Waals surface area contributed by atoms with Crippen molar-refractivity contribution >= 4 is 17.4 Å². The first kappa shape index (κ1) is 11.3. The standard InChI is InChI=1S/C14H20N4O/c15-13-11(14(16)18-17-13)12(19)10-8-2-6-1-7(4-8)5-9(10)3-6/h6-10H,1-5H2,(H5,15,16,17,18). The fourth-order valence-corrected chi connectivity index (χ4v) is 5.15. The Kier molecular flexibility index (Phi) is 2.23. The van der Waals surface area contributed by atoms with Crippen LogP contribution in [0.5, 0.6) is 0 Å². The molecule has 0 unspecified atom stereocenters. The van der Waals surface area contributed by atoms with E-state index in [1.54, 1.807) is 0 Å². The molecular formula is C14H20N4O. The second-order valence-corrected chi connectivity index (χ2v) is 6.72. The van der Waals surface area contributed by atoms with E-state index in [1.807, 2.05) is 0 Å². The van der Waals surface area contributed by atoms with E-state index in [-0.39, 0.29) is 17.5 Å². The third kappa shape index (κ3) is 1.53. The molecule has 0 aromatic carbocycles. The fourth-order valence-electron chi connectivity index (χ4n) is 5.15. The van der Waals surface area contributed by atoms with Crippen LogP contribution < -0.4 is 11.5 Å². The van der Waals surface area contributed by atoms with Crippen LogP contribution in [0, 0.1) is 29.6 Å². The Hall–Kier alpha value is -1.52. The van der Waals surface area contributed by atoms with Gasteiger partial charge in [-0.15, -0.1) is 0 Å². The SMILES string of the molecule is Nc1n[nH]c(N)c1C(=O)C1C2CC3CC(C2)CC1C3. The van der Waals surface area contributed by atoms with Crippen LogP contribution in [0.15, 0.2) is 0 Å². The van der Waals surface area contributed by atoms with Gasteiger partial charge in [0, 0.05) is 5.92 Å². The average Bonchev–Trinajstić information content (AvgIpc) is 2.67. The van der Waals surface area contributed by atoms with Gasteiger partial charge in [-0.3, -0.25) is 9.89 Å².